The fraction of sp³-hybridized carbons (Fsp3) is 0.846. The van der Waals surface area contributed by atoms with E-state index in [1.54, 1.807) is 0 Å². The van der Waals surface area contributed by atoms with Crippen LogP contribution in [-0.2, 0) is 0 Å². The predicted molar refractivity (Wildman–Crippen MR) is 65.9 cm³/mol. The van der Waals surface area contributed by atoms with Crippen LogP contribution in [-0.4, -0.2) is 11.5 Å². The fourth-order valence-corrected chi connectivity index (χ4v) is 2.95. The number of nitrogens with zero attached hydrogens (tertiary/aromatic N) is 1. The lowest BCUT2D eigenvalue weighted by molar-refractivity contribution is -0.480. The van der Waals surface area contributed by atoms with Crippen molar-refractivity contribution in [2.24, 2.45) is 17.8 Å². The lowest BCUT2D eigenvalue weighted by Crippen LogP contribution is -2.25. The first-order valence-corrected chi connectivity index (χ1v) is 6.28. The number of nitro groups is 1. The Morgan fingerprint density at radius 3 is 2.75 bits per heavy atom. The molecule has 0 spiro atoms. The number of rotatable bonds is 5. The van der Waals surface area contributed by atoms with Crippen LogP contribution >= 0.6 is 0 Å². The van der Waals surface area contributed by atoms with E-state index in [0.29, 0.717) is 18.3 Å². The average Bonchev–Trinajstić information content (AvgIpc) is 2.16. The summed E-state index contributed by atoms with van der Waals surface area (Å²) in [6.45, 7) is 8.57. The molecule has 3 heteroatoms. The first-order chi connectivity index (χ1) is 7.50. The quantitative estimate of drug-likeness (QED) is 0.407. The monoisotopic (exact) mass is 225 g/mol. The second-order valence-corrected chi connectivity index (χ2v) is 5.33. The summed E-state index contributed by atoms with van der Waals surface area (Å²) in [4.78, 5) is 10.1. The molecular weight excluding hydrogens is 202 g/mol. The molecule has 0 aromatic heterocycles. The van der Waals surface area contributed by atoms with Crippen LogP contribution in [0.3, 0.4) is 0 Å². The van der Waals surface area contributed by atoms with Crippen molar-refractivity contribution < 1.29 is 4.92 Å². The second-order valence-electron chi connectivity index (χ2n) is 5.33. The van der Waals surface area contributed by atoms with Gasteiger partial charge in [-0.05, 0) is 43.9 Å². The minimum Gasteiger partial charge on any atom is -0.265 e. The van der Waals surface area contributed by atoms with Gasteiger partial charge in [-0.3, -0.25) is 10.1 Å². The molecule has 0 amide bonds. The van der Waals surface area contributed by atoms with Gasteiger partial charge in [0.1, 0.15) is 0 Å². The van der Waals surface area contributed by atoms with Crippen LogP contribution in [0.2, 0.25) is 0 Å². The van der Waals surface area contributed by atoms with Crippen molar-refractivity contribution in [1.29, 1.82) is 0 Å². The molecule has 0 aliphatic heterocycles. The van der Waals surface area contributed by atoms with Crippen molar-refractivity contribution in [3.8, 4) is 0 Å². The topological polar surface area (TPSA) is 43.1 Å². The summed E-state index contributed by atoms with van der Waals surface area (Å²) < 4.78 is 0. The summed E-state index contributed by atoms with van der Waals surface area (Å²) in [5, 5.41) is 10.3. The van der Waals surface area contributed by atoms with Gasteiger partial charge >= 0.3 is 0 Å². The third-order valence-corrected chi connectivity index (χ3v) is 3.79. The van der Waals surface area contributed by atoms with Gasteiger partial charge in [-0.15, -0.1) is 0 Å². The van der Waals surface area contributed by atoms with E-state index in [2.05, 4.69) is 20.4 Å². The largest absolute Gasteiger partial charge is 0.265 e. The Labute approximate surface area is 98.1 Å². The molecular formula is C13H23NO2. The highest BCUT2D eigenvalue weighted by atomic mass is 16.6. The number of hydrogen-bond acceptors (Lipinski definition) is 2. The summed E-state index contributed by atoms with van der Waals surface area (Å²) in [7, 11) is 0. The van der Waals surface area contributed by atoms with E-state index < -0.39 is 0 Å². The van der Waals surface area contributed by atoms with E-state index in [1.807, 2.05) is 0 Å². The van der Waals surface area contributed by atoms with Gasteiger partial charge in [-0.2, -0.15) is 0 Å². The lowest BCUT2D eigenvalue weighted by atomic mass is 9.70. The van der Waals surface area contributed by atoms with Crippen LogP contribution in [0.5, 0.6) is 0 Å². The molecule has 0 saturated heterocycles. The van der Waals surface area contributed by atoms with Crippen LogP contribution in [0.25, 0.3) is 0 Å². The van der Waals surface area contributed by atoms with Gasteiger partial charge in [-0.1, -0.05) is 25.5 Å². The molecule has 1 aliphatic carbocycles. The molecule has 0 radical (unpaired) electrons. The standard InChI is InChI=1S/C13H23NO2/c1-10(2)13-7-6-11(3)9-12(13)5-4-8-14(15)16/h11-13H,1,4-9H2,2-3H3/t11-,12-,13+/m0/s1. The van der Waals surface area contributed by atoms with Crippen LogP contribution in [0.4, 0.5) is 0 Å². The molecule has 0 unspecified atom stereocenters. The van der Waals surface area contributed by atoms with Gasteiger partial charge in [0.05, 0.1) is 0 Å². The van der Waals surface area contributed by atoms with Crippen LogP contribution < -0.4 is 0 Å². The zero-order valence-electron chi connectivity index (χ0n) is 10.4. The van der Waals surface area contributed by atoms with E-state index in [1.165, 1.54) is 24.8 Å². The first kappa shape index (κ1) is 13.2. The molecule has 1 fully saturated rings. The van der Waals surface area contributed by atoms with Crippen molar-refractivity contribution in [2.45, 2.75) is 46.0 Å². The summed E-state index contributed by atoms with van der Waals surface area (Å²) in [5.74, 6) is 2.00. The van der Waals surface area contributed by atoms with E-state index in [0.717, 1.165) is 12.3 Å². The van der Waals surface area contributed by atoms with Crippen LogP contribution in [0.15, 0.2) is 12.2 Å². The molecule has 1 aliphatic rings. The van der Waals surface area contributed by atoms with Gasteiger partial charge in [0, 0.05) is 11.3 Å². The fourth-order valence-electron chi connectivity index (χ4n) is 2.95. The molecule has 1 saturated carbocycles. The SMILES string of the molecule is C=C(C)[C@H]1CC[C@H](C)C[C@@H]1CCC[N+](=O)[O-]. The van der Waals surface area contributed by atoms with Crippen LogP contribution in [0.1, 0.15) is 46.0 Å². The zero-order chi connectivity index (χ0) is 12.1. The van der Waals surface area contributed by atoms with Crippen molar-refractivity contribution >= 4 is 0 Å². The third kappa shape index (κ3) is 3.95. The molecule has 92 valence electrons. The molecule has 0 N–H and O–H groups in total. The molecule has 0 aromatic rings. The van der Waals surface area contributed by atoms with Crippen molar-refractivity contribution in [2.75, 3.05) is 6.54 Å². The molecule has 0 bridgehead atoms. The Bertz CT molecular complexity index is 263. The lowest BCUT2D eigenvalue weighted by Gasteiger charge is -2.35. The van der Waals surface area contributed by atoms with E-state index >= 15 is 0 Å². The zero-order valence-corrected chi connectivity index (χ0v) is 10.4. The molecule has 16 heavy (non-hydrogen) atoms. The molecule has 3 nitrogen and oxygen atoms in total. The normalized spacial score (nSPS) is 30.0. The van der Waals surface area contributed by atoms with Crippen molar-refractivity contribution in [1.82, 2.24) is 0 Å². The van der Waals surface area contributed by atoms with E-state index in [-0.39, 0.29) is 11.5 Å². The predicted octanol–water partition coefficient (Wildman–Crippen LogP) is 3.67. The summed E-state index contributed by atoms with van der Waals surface area (Å²) in [6, 6.07) is 0. The van der Waals surface area contributed by atoms with E-state index in [4.69, 9.17) is 0 Å². The van der Waals surface area contributed by atoms with Gasteiger partial charge in [0.25, 0.3) is 0 Å². The molecule has 3 atom stereocenters. The molecule has 0 heterocycles. The highest BCUT2D eigenvalue weighted by Crippen LogP contribution is 2.39. The Kier molecular flexibility index (Phi) is 4.97. The van der Waals surface area contributed by atoms with Crippen molar-refractivity contribution in [3.63, 3.8) is 0 Å². The number of allylic oxidation sites excluding steroid dienone is 1. The van der Waals surface area contributed by atoms with E-state index in [9.17, 15) is 10.1 Å². The summed E-state index contributed by atoms with van der Waals surface area (Å²) >= 11 is 0. The first-order valence-electron chi connectivity index (χ1n) is 6.28. The third-order valence-electron chi connectivity index (χ3n) is 3.79. The Morgan fingerprint density at radius 1 is 1.50 bits per heavy atom. The Morgan fingerprint density at radius 2 is 2.19 bits per heavy atom. The maximum absolute atomic E-state index is 10.3. The van der Waals surface area contributed by atoms with Gasteiger partial charge in [0.15, 0.2) is 0 Å². The van der Waals surface area contributed by atoms with Crippen molar-refractivity contribution in [3.05, 3.63) is 22.3 Å². The second kappa shape index (κ2) is 6.02. The maximum atomic E-state index is 10.3. The highest BCUT2D eigenvalue weighted by Gasteiger charge is 2.28. The minimum absolute atomic E-state index is 0.119. The smallest absolute Gasteiger partial charge is 0.203 e. The van der Waals surface area contributed by atoms with Crippen LogP contribution in [0, 0.1) is 27.9 Å². The average molecular weight is 225 g/mol. The van der Waals surface area contributed by atoms with Gasteiger partial charge < -0.3 is 0 Å². The maximum Gasteiger partial charge on any atom is 0.203 e. The Hall–Kier alpha value is -0.860. The number of hydrogen-bond donors (Lipinski definition) is 0. The summed E-state index contributed by atoms with van der Waals surface area (Å²) in [6.07, 6.45) is 5.43. The highest BCUT2D eigenvalue weighted by molar-refractivity contribution is 5.01. The molecule has 1 rings (SSSR count). The van der Waals surface area contributed by atoms with Gasteiger partial charge in [-0.25, -0.2) is 0 Å². The Balaban J connectivity index is 2.44. The molecule has 0 aromatic carbocycles. The minimum atomic E-state index is -0.206. The van der Waals surface area contributed by atoms with Gasteiger partial charge in [0.2, 0.25) is 6.54 Å². The summed E-state index contributed by atoms with van der Waals surface area (Å²) in [5.41, 5.74) is 1.26.